The second-order valence-electron chi connectivity index (χ2n) is 9.83. The van der Waals surface area contributed by atoms with Crippen LogP contribution >= 0.6 is 0 Å². The Bertz CT molecular complexity index is 1490. The molecule has 1 aliphatic rings. The van der Waals surface area contributed by atoms with Crippen molar-refractivity contribution >= 4 is 29.0 Å². The molecule has 2 aromatic heterocycles. The normalized spacial score (nSPS) is 14.1. The van der Waals surface area contributed by atoms with Crippen LogP contribution in [0.25, 0.3) is 11.0 Å². The maximum absolute atomic E-state index is 13.5. The molecule has 0 aliphatic carbocycles. The highest BCUT2D eigenvalue weighted by Crippen LogP contribution is 2.28. The average Bonchev–Trinajstić information content (AvgIpc) is 3.32. The molecule has 10 heteroatoms. The third-order valence-corrected chi connectivity index (χ3v) is 7.23. The first kappa shape index (κ1) is 26.4. The van der Waals surface area contributed by atoms with Crippen LogP contribution in [0.2, 0.25) is 0 Å². The fourth-order valence-electron chi connectivity index (χ4n) is 5.04. The lowest BCUT2D eigenvalue weighted by molar-refractivity contribution is 0.145. The molecule has 39 heavy (non-hydrogen) atoms. The van der Waals surface area contributed by atoms with Gasteiger partial charge in [-0.1, -0.05) is 37.6 Å². The van der Waals surface area contributed by atoms with Crippen molar-refractivity contribution in [2.45, 2.75) is 45.2 Å². The van der Waals surface area contributed by atoms with Crippen LogP contribution in [0.15, 0.2) is 65.6 Å². The number of piperidine rings is 1. The van der Waals surface area contributed by atoms with Gasteiger partial charge in [0.05, 0.1) is 24.2 Å². The number of nitrogens with zero attached hydrogens (tertiary/aromatic N) is 6. The second kappa shape index (κ2) is 11.7. The van der Waals surface area contributed by atoms with Gasteiger partial charge in [0.2, 0.25) is 11.9 Å². The summed E-state index contributed by atoms with van der Waals surface area (Å²) in [5.74, 6) is 0.898. The van der Waals surface area contributed by atoms with E-state index < -0.39 is 11.7 Å². The van der Waals surface area contributed by atoms with Crippen molar-refractivity contribution in [3.63, 3.8) is 0 Å². The number of aromatic nitrogens is 4. The van der Waals surface area contributed by atoms with Gasteiger partial charge in [-0.15, -0.1) is 0 Å². The largest absolute Gasteiger partial charge is 0.449 e. The van der Waals surface area contributed by atoms with Gasteiger partial charge in [-0.25, -0.2) is 19.2 Å². The van der Waals surface area contributed by atoms with E-state index in [4.69, 9.17) is 9.72 Å². The van der Waals surface area contributed by atoms with Crippen molar-refractivity contribution in [1.29, 1.82) is 0 Å². The summed E-state index contributed by atoms with van der Waals surface area (Å²) in [7, 11) is 1.86. The summed E-state index contributed by atoms with van der Waals surface area (Å²) in [5.41, 5.74) is 2.47. The maximum Gasteiger partial charge on any atom is 0.423 e. The van der Waals surface area contributed by atoms with Gasteiger partial charge in [0.25, 0.3) is 5.56 Å². The van der Waals surface area contributed by atoms with Crippen molar-refractivity contribution in [3.05, 3.63) is 82.5 Å². The molecule has 1 saturated heterocycles. The van der Waals surface area contributed by atoms with Crippen LogP contribution in [0.3, 0.4) is 0 Å². The summed E-state index contributed by atoms with van der Waals surface area (Å²) < 4.78 is 22.0. The van der Waals surface area contributed by atoms with Gasteiger partial charge in [0, 0.05) is 38.4 Å². The van der Waals surface area contributed by atoms with Crippen LogP contribution in [0, 0.1) is 5.82 Å². The zero-order chi connectivity index (χ0) is 27.4. The van der Waals surface area contributed by atoms with Gasteiger partial charge in [-0.05, 0) is 49.1 Å². The number of hydrogen-bond acceptors (Lipinski definition) is 7. The molecule has 1 fully saturated rings. The Hall–Kier alpha value is -4.21. The van der Waals surface area contributed by atoms with Gasteiger partial charge >= 0.3 is 6.09 Å². The summed E-state index contributed by atoms with van der Waals surface area (Å²) >= 11 is 0. The quantitative estimate of drug-likeness (QED) is 0.305. The number of imidazole rings is 1. The standard InChI is InChI=1S/C29H33FN6O3/c1-3-4-19-39-29(38)36-26(37)13-16-31-27(36)33(2)23-14-17-34(18-15-23)28-32-24-7-5-6-8-25(24)35(28)20-21-9-11-22(30)12-10-21/h5-13,16,23H,3-4,14-15,17-20H2,1-2H3. The molecule has 1 aliphatic heterocycles. The highest BCUT2D eigenvalue weighted by molar-refractivity contribution is 5.79. The van der Waals surface area contributed by atoms with E-state index in [-0.39, 0.29) is 24.4 Å². The number of unbranched alkanes of at least 4 members (excludes halogenated alkanes) is 1. The molecule has 0 atom stereocenters. The minimum absolute atomic E-state index is 0.0696. The SMILES string of the molecule is CCCCOC(=O)n1c(N(C)C2CCN(c3nc4ccccc4n3Cc3ccc(F)cc3)CC2)nccc1=O. The number of rotatable bonds is 8. The van der Waals surface area contributed by atoms with Crippen LogP contribution in [0.5, 0.6) is 0 Å². The molecule has 0 spiro atoms. The first-order chi connectivity index (χ1) is 19.0. The van der Waals surface area contributed by atoms with Crippen molar-refractivity contribution < 1.29 is 13.9 Å². The Morgan fingerprint density at radius 2 is 1.85 bits per heavy atom. The van der Waals surface area contributed by atoms with Crippen LogP contribution in [-0.4, -0.2) is 58.0 Å². The fourth-order valence-corrected chi connectivity index (χ4v) is 5.04. The zero-order valence-corrected chi connectivity index (χ0v) is 22.3. The summed E-state index contributed by atoms with van der Waals surface area (Å²) in [6.45, 7) is 4.32. The van der Waals surface area contributed by atoms with E-state index in [0.717, 1.165) is 65.9 Å². The van der Waals surface area contributed by atoms with Crippen LogP contribution in [0.1, 0.15) is 38.2 Å². The third-order valence-electron chi connectivity index (χ3n) is 7.23. The van der Waals surface area contributed by atoms with E-state index in [1.54, 1.807) is 12.1 Å². The first-order valence-electron chi connectivity index (χ1n) is 13.4. The zero-order valence-electron chi connectivity index (χ0n) is 22.3. The molecule has 2 aromatic carbocycles. The van der Waals surface area contributed by atoms with Gasteiger partial charge in [0.1, 0.15) is 5.82 Å². The Labute approximate surface area is 226 Å². The number of halogens is 1. The molecule has 0 saturated carbocycles. The minimum atomic E-state index is -0.699. The molecule has 0 radical (unpaired) electrons. The van der Waals surface area contributed by atoms with Crippen LogP contribution < -0.4 is 15.4 Å². The highest BCUT2D eigenvalue weighted by Gasteiger charge is 2.29. The molecule has 0 N–H and O–H groups in total. The Morgan fingerprint density at radius 1 is 1.10 bits per heavy atom. The van der Waals surface area contributed by atoms with Gasteiger partial charge in [-0.2, -0.15) is 4.57 Å². The minimum Gasteiger partial charge on any atom is -0.449 e. The van der Waals surface area contributed by atoms with Crippen molar-refractivity contribution in [1.82, 2.24) is 19.1 Å². The lowest BCUT2D eigenvalue weighted by Gasteiger charge is -2.38. The third kappa shape index (κ3) is 5.64. The number of carbonyl (C=O) groups is 1. The lowest BCUT2D eigenvalue weighted by Crippen LogP contribution is -2.46. The van der Waals surface area contributed by atoms with E-state index in [1.165, 1.54) is 24.4 Å². The molecule has 0 amide bonds. The average molecular weight is 533 g/mol. The highest BCUT2D eigenvalue weighted by atomic mass is 19.1. The number of benzene rings is 2. The van der Waals surface area contributed by atoms with E-state index >= 15 is 0 Å². The summed E-state index contributed by atoms with van der Waals surface area (Å²) in [6, 6.07) is 15.9. The Balaban J connectivity index is 1.34. The predicted molar refractivity (Wildman–Crippen MR) is 149 cm³/mol. The fraction of sp³-hybridized carbons (Fsp3) is 0.379. The van der Waals surface area contributed by atoms with Crippen molar-refractivity contribution in [2.24, 2.45) is 0 Å². The number of para-hydroxylation sites is 2. The number of fused-ring (bicyclic) bond motifs is 1. The second-order valence-corrected chi connectivity index (χ2v) is 9.83. The molecule has 0 bridgehead atoms. The number of carbonyl (C=O) groups excluding carboxylic acids is 1. The molecular weight excluding hydrogens is 499 g/mol. The van der Waals surface area contributed by atoms with Crippen LogP contribution in [-0.2, 0) is 11.3 Å². The van der Waals surface area contributed by atoms with E-state index in [2.05, 4.69) is 20.5 Å². The van der Waals surface area contributed by atoms with Crippen molar-refractivity contribution in [2.75, 3.05) is 36.5 Å². The van der Waals surface area contributed by atoms with E-state index in [9.17, 15) is 14.0 Å². The van der Waals surface area contributed by atoms with E-state index in [0.29, 0.717) is 6.54 Å². The topological polar surface area (TPSA) is 85.5 Å². The Kier molecular flexibility index (Phi) is 7.90. The monoisotopic (exact) mass is 532 g/mol. The summed E-state index contributed by atoms with van der Waals surface area (Å²) in [4.78, 5) is 38.8. The van der Waals surface area contributed by atoms with Gasteiger partial charge in [0.15, 0.2) is 0 Å². The number of ether oxygens (including phenoxy) is 1. The predicted octanol–water partition coefficient (Wildman–Crippen LogP) is 4.67. The molecule has 9 nitrogen and oxygen atoms in total. The molecule has 3 heterocycles. The van der Waals surface area contributed by atoms with Gasteiger partial charge in [-0.3, -0.25) is 4.79 Å². The molecule has 4 aromatic rings. The van der Waals surface area contributed by atoms with Crippen LogP contribution in [0.4, 0.5) is 21.1 Å². The smallest absolute Gasteiger partial charge is 0.423 e. The summed E-state index contributed by atoms with van der Waals surface area (Å²) in [6.07, 6.45) is 3.92. The molecule has 0 unspecified atom stereocenters. The van der Waals surface area contributed by atoms with Crippen molar-refractivity contribution in [3.8, 4) is 0 Å². The lowest BCUT2D eigenvalue weighted by atomic mass is 10.0. The van der Waals surface area contributed by atoms with Gasteiger partial charge < -0.3 is 19.1 Å². The number of anilines is 2. The number of hydrogen-bond donors (Lipinski definition) is 0. The molecular formula is C29H33FN6O3. The Morgan fingerprint density at radius 3 is 2.59 bits per heavy atom. The molecule has 5 rings (SSSR count). The summed E-state index contributed by atoms with van der Waals surface area (Å²) in [5, 5.41) is 0. The maximum atomic E-state index is 13.5. The first-order valence-corrected chi connectivity index (χ1v) is 13.4. The molecule has 204 valence electrons. The van der Waals surface area contributed by atoms with E-state index in [1.807, 2.05) is 37.1 Å².